The van der Waals surface area contributed by atoms with E-state index in [1.807, 2.05) is 24.4 Å². The van der Waals surface area contributed by atoms with Crippen LogP contribution in [0.15, 0.2) is 43.4 Å². The van der Waals surface area contributed by atoms with Crippen molar-refractivity contribution < 1.29 is 9.53 Å². The highest BCUT2D eigenvalue weighted by molar-refractivity contribution is 5.87. The summed E-state index contributed by atoms with van der Waals surface area (Å²) in [5, 5.41) is 11.0. The van der Waals surface area contributed by atoms with Crippen molar-refractivity contribution in [3.05, 3.63) is 49.1 Å². The number of amides is 1. The van der Waals surface area contributed by atoms with Crippen LogP contribution in [0.25, 0.3) is 5.65 Å². The highest BCUT2D eigenvalue weighted by atomic mass is 16.5. The van der Waals surface area contributed by atoms with Crippen LogP contribution >= 0.6 is 0 Å². The summed E-state index contributed by atoms with van der Waals surface area (Å²) in [6.07, 6.45) is 5.61. The van der Waals surface area contributed by atoms with E-state index < -0.39 is 0 Å². The van der Waals surface area contributed by atoms with Crippen molar-refractivity contribution in [1.29, 1.82) is 0 Å². The molecule has 3 aromatic rings. The summed E-state index contributed by atoms with van der Waals surface area (Å²) in [7, 11) is 0. The summed E-state index contributed by atoms with van der Waals surface area (Å²) < 4.78 is 7.36. The van der Waals surface area contributed by atoms with Crippen molar-refractivity contribution in [2.45, 2.75) is 12.3 Å². The highest BCUT2D eigenvalue weighted by Gasteiger charge is 2.28. The lowest BCUT2D eigenvalue weighted by Crippen LogP contribution is -2.26. The minimum absolute atomic E-state index is 0.0449. The van der Waals surface area contributed by atoms with E-state index in [0.29, 0.717) is 31.2 Å². The molecule has 2 aliphatic heterocycles. The normalized spacial score (nSPS) is 18.1. The molecule has 1 atom stereocenters. The largest absolute Gasteiger partial charge is 0.490 e. The molecule has 9 heteroatoms. The van der Waals surface area contributed by atoms with Crippen LogP contribution in [0.2, 0.25) is 0 Å². The highest BCUT2D eigenvalue weighted by Crippen LogP contribution is 2.32. The van der Waals surface area contributed by atoms with Gasteiger partial charge in [-0.15, -0.1) is 0 Å². The molecule has 2 aliphatic rings. The maximum absolute atomic E-state index is 11.9. The molecule has 1 saturated heterocycles. The van der Waals surface area contributed by atoms with Gasteiger partial charge in [-0.2, -0.15) is 5.10 Å². The molecule has 0 spiro atoms. The van der Waals surface area contributed by atoms with Crippen LogP contribution < -0.4 is 15.4 Å². The maximum atomic E-state index is 11.9. The van der Waals surface area contributed by atoms with Crippen LogP contribution in [-0.2, 0) is 4.79 Å². The molecule has 4 heterocycles. The molecule has 1 fully saturated rings. The third-order valence-corrected chi connectivity index (χ3v) is 5.29. The van der Waals surface area contributed by atoms with Crippen molar-refractivity contribution in [2.24, 2.45) is 0 Å². The number of rotatable bonds is 4. The van der Waals surface area contributed by atoms with Gasteiger partial charge >= 0.3 is 0 Å². The minimum Gasteiger partial charge on any atom is -0.490 e. The molecule has 0 radical (unpaired) electrons. The van der Waals surface area contributed by atoms with Gasteiger partial charge in [-0.25, -0.2) is 14.5 Å². The molecule has 148 valence electrons. The van der Waals surface area contributed by atoms with E-state index in [0.717, 1.165) is 35.8 Å². The van der Waals surface area contributed by atoms with Gasteiger partial charge in [-0.3, -0.25) is 4.79 Å². The van der Waals surface area contributed by atoms with Crippen molar-refractivity contribution in [2.75, 3.05) is 36.9 Å². The van der Waals surface area contributed by atoms with E-state index >= 15 is 0 Å². The first-order valence-corrected chi connectivity index (χ1v) is 9.60. The van der Waals surface area contributed by atoms with Crippen molar-refractivity contribution in [1.82, 2.24) is 24.5 Å². The van der Waals surface area contributed by atoms with E-state index in [1.54, 1.807) is 9.42 Å². The van der Waals surface area contributed by atoms with Crippen LogP contribution in [0.3, 0.4) is 0 Å². The summed E-state index contributed by atoms with van der Waals surface area (Å²) in [6.45, 7) is 6.34. The summed E-state index contributed by atoms with van der Waals surface area (Å²) >= 11 is 0. The van der Waals surface area contributed by atoms with Crippen LogP contribution in [0.4, 0.5) is 17.2 Å². The molecule has 0 saturated carbocycles. The van der Waals surface area contributed by atoms with Crippen LogP contribution in [0.1, 0.15) is 18.0 Å². The molecule has 9 nitrogen and oxygen atoms in total. The number of likely N-dealkylation sites (tertiary alicyclic amines) is 1. The molecule has 29 heavy (non-hydrogen) atoms. The number of hydrogen-bond donors (Lipinski definition) is 2. The van der Waals surface area contributed by atoms with Gasteiger partial charge in [0.15, 0.2) is 11.5 Å². The van der Waals surface area contributed by atoms with Crippen LogP contribution in [0, 0.1) is 0 Å². The van der Waals surface area contributed by atoms with Crippen LogP contribution in [-0.4, -0.2) is 56.6 Å². The standard InChI is InChI=1S/C20H21N7O2/c1-2-18(28)26-7-5-13(10-26)16-11-27-20(22-12-23-27)19(25-16)24-14-3-4-17-15(9-14)21-6-8-29-17/h2-4,9,11-13,21H,1,5-8,10H2,(H,24,25). The van der Waals surface area contributed by atoms with E-state index in [2.05, 4.69) is 27.3 Å². The Kier molecular flexibility index (Phi) is 4.27. The Morgan fingerprint density at radius 3 is 3.24 bits per heavy atom. The van der Waals surface area contributed by atoms with Crippen molar-refractivity contribution in [3.8, 4) is 5.75 Å². The molecule has 5 rings (SSSR count). The lowest BCUT2D eigenvalue weighted by Gasteiger charge is -2.20. The molecule has 0 aliphatic carbocycles. The molecular formula is C20H21N7O2. The Labute approximate surface area is 167 Å². The number of hydrogen-bond acceptors (Lipinski definition) is 7. The predicted octanol–water partition coefficient (Wildman–Crippen LogP) is 2.17. The van der Waals surface area contributed by atoms with Gasteiger partial charge in [-0.05, 0) is 30.7 Å². The average molecular weight is 391 g/mol. The summed E-state index contributed by atoms with van der Waals surface area (Å²) in [6, 6.07) is 5.88. The minimum atomic E-state index is -0.0449. The Morgan fingerprint density at radius 1 is 1.41 bits per heavy atom. The number of anilines is 3. The first-order valence-electron chi connectivity index (χ1n) is 9.60. The number of benzene rings is 1. The van der Waals surface area contributed by atoms with Gasteiger partial charge in [-0.1, -0.05) is 6.58 Å². The van der Waals surface area contributed by atoms with Crippen molar-refractivity contribution in [3.63, 3.8) is 0 Å². The Balaban J connectivity index is 1.45. The summed E-state index contributed by atoms with van der Waals surface area (Å²) in [5.74, 6) is 1.57. The number of carbonyl (C=O) groups is 1. The molecule has 2 N–H and O–H groups in total. The fourth-order valence-electron chi connectivity index (χ4n) is 3.81. The SMILES string of the molecule is C=CC(=O)N1CCC(c2cn3ncnc3c(Nc3ccc4c(c3)NCCO4)n2)C1. The van der Waals surface area contributed by atoms with Gasteiger partial charge in [0.25, 0.3) is 0 Å². The number of ether oxygens (including phenoxy) is 1. The summed E-state index contributed by atoms with van der Waals surface area (Å²) in [5.41, 5.74) is 3.35. The lowest BCUT2D eigenvalue weighted by molar-refractivity contribution is -0.125. The van der Waals surface area contributed by atoms with Gasteiger partial charge in [0.2, 0.25) is 5.91 Å². The number of carbonyl (C=O) groups excluding carboxylic acids is 1. The van der Waals surface area contributed by atoms with Gasteiger partial charge in [0.05, 0.1) is 17.6 Å². The van der Waals surface area contributed by atoms with Crippen molar-refractivity contribution >= 4 is 28.7 Å². The Bertz CT molecular complexity index is 1090. The fourth-order valence-corrected chi connectivity index (χ4v) is 3.81. The quantitative estimate of drug-likeness (QED) is 0.658. The number of aromatic nitrogens is 4. The first-order chi connectivity index (χ1) is 14.2. The third kappa shape index (κ3) is 3.24. The second-order valence-electron chi connectivity index (χ2n) is 7.13. The first kappa shape index (κ1) is 17.5. The molecule has 1 aromatic carbocycles. The summed E-state index contributed by atoms with van der Waals surface area (Å²) in [4.78, 5) is 22.9. The smallest absolute Gasteiger partial charge is 0.245 e. The van der Waals surface area contributed by atoms with E-state index in [-0.39, 0.29) is 11.8 Å². The molecule has 1 unspecified atom stereocenters. The Morgan fingerprint density at radius 2 is 2.34 bits per heavy atom. The fraction of sp³-hybridized carbons (Fsp3) is 0.300. The molecule has 2 aromatic heterocycles. The van der Waals surface area contributed by atoms with Gasteiger partial charge in [0.1, 0.15) is 18.7 Å². The monoisotopic (exact) mass is 391 g/mol. The average Bonchev–Trinajstić information content (AvgIpc) is 3.43. The number of nitrogens with zero attached hydrogens (tertiary/aromatic N) is 5. The molecule has 0 bridgehead atoms. The molecular weight excluding hydrogens is 370 g/mol. The third-order valence-electron chi connectivity index (χ3n) is 5.29. The lowest BCUT2D eigenvalue weighted by atomic mass is 10.1. The van der Waals surface area contributed by atoms with E-state index in [4.69, 9.17) is 9.72 Å². The second kappa shape index (κ2) is 7.08. The number of fused-ring (bicyclic) bond motifs is 2. The zero-order valence-electron chi connectivity index (χ0n) is 15.8. The topological polar surface area (TPSA) is 96.7 Å². The Hall–Kier alpha value is -3.62. The van der Waals surface area contributed by atoms with E-state index in [9.17, 15) is 4.79 Å². The maximum Gasteiger partial charge on any atom is 0.245 e. The van der Waals surface area contributed by atoms with Gasteiger partial charge < -0.3 is 20.3 Å². The second-order valence-corrected chi connectivity index (χ2v) is 7.13. The zero-order valence-corrected chi connectivity index (χ0v) is 15.8. The van der Waals surface area contributed by atoms with E-state index in [1.165, 1.54) is 12.4 Å². The predicted molar refractivity (Wildman–Crippen MR) is 109 cm³/mol. The van der Waals surface area contributed by atoms with Gasteiger partial charge in [0, 0.05) is 31.2 Å². The van der Waals surface area contributed by atoms with Crippen LogP contribution in [0.5, 0.6) is 5.75 Å². The zero-order chi connectivity index (χ0) is 19.8. The molecule has 1 amide bonds. The number of nitrogens with one attached hydrogen (secondary N) is 2.